The Kier molecular flexibility index (Phi) is 3.36. The average Bonchev–Trinajstić information content (AvgIpc) is 2.79. The molecule has 6 heteroatoms. The molecule has 2 aliphatic heterocycles. The maximum Gasteiger partial charge on any atom is 0.254 e. The summed E-state index contributed by atoms with van der Waals surface area (Å²) < 4.78 is 25.3. The van der Waals surface area contributed by atoms with E-state index in [1.54, 1.807) is 6.92 Å². The van der Waals surface area contributed by atoms with Crippen LogP contribution in [-0.4, -0.2) is 41.4 Å². The molecule has 5 nitrogen and oxygen atoms in total. The third-order valence-corrected chi connectivity index (χ3v) is 3.90. The molecule has 1 spiro atoms. The lowest BCUT2D eigenvalue weighted by molar-refractivity contribution is -0.0206. The van der Waals surface area contributed by atoms with Crippen LogP contribution in [0.2, 0.25) is 0 Å². The SMILES string of the molecule is Cc1ncnc(OC2COC3(CCNCC3)C2)c1F. The smallest absolute Gasteiger partial charge is 0.254 e. The van der Waals surface area contributed by atoms with Gasteiger partial charge < -0.3 is 14.8 Å². The van der Waals surface area contributed by atoms with Crippen LogP contribution in [0, 0.1) is 12.7 Å². The first-order valence-corrected chi connectivity index (χ1v) is 6.67. The van der Waals surface area contributed by atoms with Crippen molar-refractivity contribution in [3.63, 3.8) is 0 Å². The molecular weight excluding hydrogens is 249 g/mol. The summed E-state index contributed by atoms with van der Waals surface area (Å²) in [6.07, 6.45) is 3.97. The Morgan fingerprint density at radius 3 is 3.00 bits per heavy atom. The third kappa shape index (κ3) is 2.55. The summed E-state index contributed by atoms with van der Waals surface area (Å²) in [7, 11) is 0. The van der Waals surface area contributed by atoms with Crippen LogP contribution in [0.25, 0.3) is 0 Å². The maximum absolute atomic E-state index is 13.8. The van der Waals surface area contributed by atoms with Crippen LogP contribution < -0.4 is 10.1 Å². The monoisotopic (exact) mass is 267 g/mol. The number of rotatable bonds is 2. The highest BCUT2D eigenvalue weighted by molar-refractivity contribution is 5.16. The van der Waals surface area contributed by atoms with Crippen LogP contribution in [0.15, 0.2) is 6.33 Å². The van der Waals surface area contributed by atoms with Gasteiger partial charge in [0, 0.05) is 6.42 Å². The van der Waals surface area contributed by atoms with Gasteiger partial charge in [-0.15, -0.1) is 0 Å². The Bertz CT molecular complexity index is 463. The molecule has 104 valence electrons. The van der Waals surface area contributed by atoms with Crippen LogP contribution in [0.4, 0.5) is 4.39 Å². The van der Waals surface area contributed by atoms with E-state index in [4.69, 9.17) is 9.47 Å². The standard InChI is InChI=1S/C13H18FN3O2/c1-9-11(14)12(17-8-16-9)19-10-6-13(18-7-10)2-4-15-5-3-13/h8,10,15H,2-7H2,1H3. The van der Waals surface area contributed by atoms with E-state index in [0.29, 0.717) is 12.3 Å². The van der Waals surface area contributed by atoms with E-state index in [2.05, 4.69) is 15.3 Å². The fraction of sp³-hybridized carbons (Fsp3) is 0.692. The van der Waals surface area contributed by atoms with E-state index in [0.717, 1.165) is 32.4 Å². The van der Waals surface area contributed by atoms with Crippen LogP contribution in [0.5, 0.6) is 5.88 Å². The van der Waals surface area contributed by atoms with E-state index < -0.39 is 5.82 Å². The van der Waals surface area contributed by atoms with Gasteiger partial charge in [-0.25, -0.2) is 4.98 Å². The summed E-state index contributed by atoms with van der Waals surface area (Å²) >= 11 is 0. The van der Waals surface area contributed by atoms with Gasteiger partial charge in [0.15, 0.2) is 0 Å². The number of nitrogens with zero attached hydrogens (tertiary/aromatic N) is 2. The van der Waals surface area contributed by atoms with Crippen molar-refractivity contribution >= 4 is 0 Å². The molecule has 1 aromatic rings. The third-order valence-electron chi connectivity index (χ3n) is 3.90. The molecule has 3 heterocycles. The van der Waals surface area contributed by atoms with Crippen molar-refractivity contribution in [2.75, 3.05) is 19.7 Å². The number of halogens is 1. The van der Waals surface area contributed by atoms with Crippen molar-refractivity contribution in [2.24, 2.45) is 0 Å². The van der Waals surface area contributed by atoms with E-state index in [9.17, 15) is 4.39 Å². The summed E-state index contributed by atoms with van der Waals surface area (Å²) in [5.74, 6) is -0.444. The molecule has 19 heavy (non-hydrogen) atoms. The molecule has 3 rings (SSSR count). The summed E-state index contributed by atoms with van der Waals surface area (Å²) in [6.45, 7) is 4.03. The molecule has 2 aliphatic rings. The predicted octanol–water partition coefficient (Wildman–Crippen LogP) is 1.21. The predicted molar refractivity (Wildman–Crippen MR) is 66.5 cm³/mol. The Hall–Kier alpha value is -1.27. The van der Waals surface area contributed by atoms with Crippen molar-refractivity contribution in [3.05, 3.63) is 17.8 Å². The largest absolute Gasteiger partial charge is 0.470 e. The maximum atomic E-state index is 13.8. The van der Waals surface area contributed by atoms with E-state index in [-0.39, 0.29) is 17.6 Å². The number of ether oxygens (including phenoxy) is 2. The number of piperidine rings is 1. The molecule has 0 radical (unpaired) electrons. The Balaban J connectivity index is 1.67. The molecule has 0 amide bonds. The van der Waals surface area contributed by atoms with Crippen molar-refractivity contribution in [1.82, 2.24) is 15.3 Å². The minimum Gasteiger partial charge on any atom is -0.470 e. The van der Waals surface area contributed by atoms with Gasteiger partial charge in [0.25, 0.3) is 5.88 Å². The van der Waals surface area contributed by atoms with Gasteiger partial charge in [0.2, 0.25) is 5.82 Å². The molecular formula is C13H18FN3O2. The number of nitrogens with one attached hydrogen (secondary N) is 1. The lowest BCUT2D eigenvalue weighted by Gasteiger charge is -2.32. The van der Waals surface area contributed by atoms with Gasteiger partial charge >= 0.3 is 0 Å². The topological polar surface area (TPSA) is 56.3 Å². The fourth-order valence-electron chi connectivity index (χ4n) is 2.79. The zero-order valence-corrected chi connectivity index (χ0v) is 11.0. The lowest BCUT2D eigenvalue weighted by atomic mass is 9.89. The molecule has 0 saturated carbocycles. The van der Waals surface area contributed by atoms with E-state index in [1.165, 1.54) is 6.33 Å². The molecule has 1 unspecified atom stereocenters. The van der Waals surface area contributed by atoms with Crippen molar-refractivity contribution in [1.29, 1.82) is 0 Å². The Morgan fingerprint density at radius 2 is 2.21 bits per heavy atom. The molecule has 1 atom stereocenters. The number of aromatic nitrogens is 2. The zero-order chi connectivity index (χ0) is 13.3. The van der Waals surface area contributed by atoms with Crippen molar-refractivity contribution in [2.45, 2.75) is 37.9 Å². The first kappa shape index (κ1) is 12.7. The van der Waals surface area contributed by atoms with Gasteiger partial charge in [0.1, 0.15) is 12.4 Å². The molecule has 1 aromatic heterocycles. The molecule has 2 saturated heterocycles. The second-order valence-electron chi connectivity index (χ2n) is 5.27. The average molecular weight is 267 g/mol. The second kappa shape index (κ2) is 5.02. The first-order chi connectivity index (χ1) is 9.19. The van der Waals surface area contributed by atoms with Gasteiger partial charge in [-0.3, -0.25) is 0 Å². The van der Waals surface area contributed by atoms with Crippen LogP contribution >= 0.6 is 0 Å². The van der Waals surface area contributed by atoms with Crippen LogP contribution in [0.3, 0.4) is 0 Å². The summed E-state index contributed by atoms with van der Waals surface area (Å²) in [5, 5.41) is 3.32. The zero-order valence-electron chi connectivity index (χ0n) is 11.0. The van der Waals surface area contributed by atoms with Crippen molar-refractivity contribution in [3.8, 4) is 5.88 Å². The van der Waals surface area contributed by atoms with Gasteiger partial charge in [0.05, 0.1) is 17.9 Å². The Morgan fingerprint density at radius 1 is 1.42 bits per heavy atom. The second-order valence-corrected chi connectivity index (χ2v) is 5.27. The minimum absolute atomic E-state index is 0.0343. The summed E-state index contributed by atoms with van der Waals surface area (Å²) in [5.41, 5.74) is 0.217. The molecule has 2 fully saturated rings. The summed E-state index contributed by atoms with van der Waals surface area (Å²) in [6, 6.07) is 0. The molecule has 1 N–H and O–H groups in total. The first-order valence-electron chi connectivity index (χ1n) is 6.67. The highest BCUT2D eigenvalue weighted by Gasteiger charge is 2.42. The number of aryl methyl sites for hydroxylation is 1. The number of hydrogen-bond acceptors (Lipinski definition) is 5. The van der Waals surface area contributed by atoms with Crippen LogP contribution in [-0.2, 0) is 4.74 Å². The normalized spacial score (nSPS) is 25.7. The summed E-state index contributed by atoms with van der Waals surface area (Å²) in [4.78, 5) is 7.65. The quantitative estimate of drug-likeness (QED) is 0.873. The van der Waals surface area contributed by atoms with Crippen LogP contribution in [0.1, 0.15) is 25.0 Å². The lowest BCUT2D eigenvalue weighted by Crippen LogP contribution is -2.41. The number of hydrogen-bond donors (Lipinski definition) is 1. The van der Waals surface area contributed by atoms with Crippen molar-refractivity contribution < 1.29 is 13.9 Å². The molecule has 0 aromatic carbocycles. The van der Waals surface area contributed by atoms with Gasteiger partial charge in [-0.2, -0.15) is 9.37 Å². The molecule has 0 aliphatic carbocycles. The minimum atomic E-state index is -0.478. The van der Waals surface area contributed by atoms with E-state index in [1.807, 2.05) is 0 Å². The fourth-order valence-corrected chi connectivity index (χ4v) is 2.79. The highest BCUT2D eigenvalue weighted by atomic mass is 19.1. The Labute approximate surface area is 111 Å². The van der Waals surface area contributed by atoms with Gasteiger partial charge in [-0.05, 0) is 32.9 Å². The van der Waals surface area contributed by atoms with Gasteiger partial charge in [-0.1, -0.05) is 0 Å². The highest BCUT2D eigenvalue weighted by Crippen LogP contribution is 2.35. The van der Waals surface area contributed by atoms with E-state index >= 15 is 0 Å². The molecule has 0 bridgehead atoms.